The Balaban J connectivity index is 1.61. The van der Waals surface area contributed by atoms with Crippen molar-refractivity contribution in [1.82, 2.24) is 0 Å². The Morgan fingerprint density at radius 3 is 1.13 bits per heavy atom. The first-order chi connectivity index (χ1) is 19.3. The van der Waals surface area contributed by atoms with Crippen molar-refractivity contribution in [2.75, 3.05) is 9.80 Å². The van der Waals surface area contributed by atoms with Gasteiger partial charge in [-0.05, 0) is 85.0 Å². The van der Waals surface area contributed by atoms with Gasteiger partial charge in [0.2, 0.25) is 0 Å². The van der Waals surface area contributed by atoms with Crippen molar-refractivity contribution in [3.8, 4) is 0 Å². The van der Waals surface area contributed by atoms with Gasteiger partial charge in [-0.25, -0.2) is 0 Å². The van der Waals surface area contributed by atoms with Crippen molar-refractivity contribution < 1.29 is 0 Å². The van der Waals surface area contributed by atoms with Gasteiger partial charge in [-0.1, -0.05) is 104 Å². The highest BCUT2D eigenvalue weighted by atomic mass is 35.5. The normalized spacial score (nSPS) is 13.7. The molecule has 0 radical (unpaired) electrons. The van der Waals surface area contributed by atoms with Crippen LogP contribution >= 0.6 is 11.6 Å². The molecule has 0 bridgehead atoms. The Hall–Kier alpha value is -4.01. The second-order valence-corrected chi connectivity index (χ2v) is 10.6. The molecule has 1 saturated carbocycles. The van der Waals surface area contributed by atoms with E-state index in [1.165, 1.54) is 37.7 Å². The van der Waals surface area contributed by atoms with Crippen LogP contribution in [0.2, 0.25) is 5.02 Å². The number of halogens is 1. The van der Waals surface area contributed by atoms with E-state index in [0.29, 0.717) is 5.92 Å². The van der Waals surface area contributed by atoms with Crippen LogP contribution in [0.25, 0.3) is 0 Å². The molecule has 5 aromatic carbocycles. The first-order valence-corrected chi connectivity index (χ1v) is 14.3. The molecule has 2 nitrogen and oxygen atoms in total. The number of hydrogen-bond acceptors (Lipinski definition) is 2. The highest BCUT2D eigenvalue weighted by Crippen LogP contribution is 2.49. The minimum absolute atomic E-state index is 0.523. The SMILES string of the molecule is Clc1c(N(c2ccccc2)c2ccccc2)cc(C2CCCCC2)cc1N(c1ccccc1)c1ccccc1. The first-order valence-electron chi connectivity index (χ1n) is 13.9. The van der Waals surface area contributed by atoms with E-state index in [0.717, 1.165) is 39.1 Å². The van der Waals surface area contributed by atoms with Gasteiger partial charge in [0.25, 0.3) is 0 Å². The Morgan fingerprint density at radius 1 is 0.462 bits per heavy atom. The van der Waals surface area contributed by atoms with Crippen LogP contribution in [0.1, 0.15) is 43.6 Å². The first kappa shape index (κ1) is 25.3. The van der Waals surface area contributed by atoms with Crippen molar-refractivity contribution >= 4 is 45.7 Å². The number of hydrogen-bond donors (Lipinski definition) is 0. The molecule has 0 N–H and O–H groups in total. The Labute approximate surface area is 237 Å². The summed E-state index contributed by atoms with van der Waals surface area (Å²) in [5, 5.41) is 0.731. The fourth-order valence-electron chi connectivity index (χ4n) is 5.78. The summed E-state index contributed by atoms with van der Waals surface area (Å²) in [6.45, 7) is 0. The van der Waals surface area contributed by atoms with Gasteiger partial charge in [0.05, 0.1) is 16.4 Å². The van der Waals surface area contributed by atoms with E-state index >= 15 is 0 Å². The van der Waals surface area contributed by atoms with E-state index in [2.05, 4.69) is 143 Å². The third kappa shape index (κ3) is 5.44. The van der Waals surface area contributed by atoms with E-state index in [9.17, 15) is 0 Å². The summed E-state index contributed by atoms with van der Waals surface area (Å²) in [6.07, 6.45) is 6.31. The van der Waals surface area contributed by atoms with Crippen molar-refractivity contribution in [3.63, 3.8) is 0 Å². The molecule has 194 valence electrons. The molecular weight excluding hydrogens is 496 g/mol. The van der Waals surface area contributed by atoms with Gasteiger partial charge in [0.1, 0.15) is 0 Å². The molecule has 3 heteroatoms. The maximum atomic E-state index is 7.53. The van der Waals surface area contributed by atoms with Gasteiger partial charge < -0.3 is 9.80 Å². The average molecular weight is 529 g/mol. The minimum atomic E-state index is 0.523. The van der Waals surface area contributed by atoms with Crippen LogP contribution < -0.4 is 9.80 Å². The average Bonchev–Trinajstić information content (AvgIpc) is 3.02. The minimum Gasteiger partial charge on any atom is -0.309 e. The lowest BCUT2D eigenvalue weighted by Crippen LogP contribution is -2.16. The quantitative estimate of drug-likeness (QED) is 0.207. The molecule has 0 spiro atoms. The third-order valence-corrected chi connectivity index (χ3v) is 8.06. The molecule has 0 aliphatic heterocycles. The summed E-state index contributed by atoms with van der Waals surface area (Å²) in [5.74, 6) is 0.523. The molecule has 0 heterocycles. The van der Waals surface area contributed by atoms with E-state index in [-0.39, 0.29) is 0 Å². The predicted molar refractivity (Wildman–Crippen MR) is 167 cm³/mol. The number of para-hydroxylation sites is 4. The predicted octanol–water partition coefficient (Wildman–Crippen LogP) is 11.3. The zero-order valence-electron chi connectivity index (χ0n) is 22.1. The molecule has 39 heavy (non-hydrogen) atoms. The van der Waals surface area contributed by atoms with Crippen molar-refractivity contribution in [2.45, 2.75) is 38.0 Å². The number of nitrogens with zero attached hydrogens (tertiary/aromatic N) is 2. The summed E-state index contributed by atoms with van der Waals surface area (Å²) in [6, 6.07) is 46.9. The second-order valence-electron chi connectivity index (χ2n) is 10.2. The molecule has 6 rings (SSSR count). The molecule has 0 saturated heterocycles. The summed E-state index contributed by atoms with van der Waals surface area (Å²) in [5.41, 5.74) is 7.71. The van der Waals surface area contributed by atoms with E-state index in [4.69, 9.17) is 11.6 Å². The number of rotatable bonds is 7. The summed E-state index contributed by atoms with van der Waals surface area (Å²) < 4.78 is 0. The molecule has 5 aromatic rings. The Bertz CT molecular complexity index is 1300. The zero-order valence-corrected chi connectivity index (χ0v) is 22.8. The fourth-order valence-corrected chi connectivity index (χ4v) is 6.05. The summed E-state index contributed by atoms with van der Waals surface area (Å²) in [7, 11) is 0. The van der Waals surface area contributed by atoms with Crippen LogP contribution in [0, 0.1) is 0 Å². The molecule has 1 aliphatic rings. The van der Waals surface area contributed by atoms with Crippen molar-refractivity contribution in [1.29, 1.82) is 0 Å². The molecule has 0 unspecified atom stereocenters. The van der Waals surface area contributed by atoms with E-state index < -0.39 is 0 Å². The smallest absolute Gasteiger partial charge is 0.0887 e. The van der Waals surface area contributed by atoms with Crippen LogP contribution in [0.15, 0.2) is 133 Å². The topological polar surface area (TPSA) is 6.48 Å². The van der Waals surface area contributed by atoms with Crippen LogP contribution in [-0.4, -0.2) is 0 Å². The number of benzene rings is 5. The fraction of sp³-hybridized carbons (Fsp3) is 0.167. The van der Waals surface area contributed by atoms with Gasteiger partial charge in [-0.15, -0.1) is 0 Å². The molecule has 0 atom stereocenters. The lowest BCUT2D eigenvalue weighted by Gasteiger charge is -2.33. The van der Waals surface area contributed by atoms with E-state index in [1.807, 2.05) is 0 Å². The van der Waals surface area contributed by atoms with Gasteiger partial charge in [-0.3, -0.25) is 0 Å². The van der Waals surface area contributed by atoms with Gasteiger partial charge in [0, 0.05) is 22.7 Å². The van der Waals surface area contributed by atoms with Gasteiger partial charge >= 0.3 is 0 Å². The lowest BCUT2D eigenvalue weighted by atomic mass is 9.83. The summed E-state index contributed by atoms with van der Waals surface area (Å²) in [4.78, 5) is 4.60. The largest absolute Gasteiger partial charge is 0.309 e. The van der Waals surface area contributed by atoms with Crippen LogP contribution in [0.4, 0.5) is 34.1 Å². The maximum Gasteiger partial charge on any atom is 0.0887 e. The second kappa shape index (κ2) is 11.8. The molecule has 0 aromatic heterocycles. The Morgan fingerprint density at radius 2 is 0.795 bits per heavy atom. The van der Waals surface area contributed by atoms with Crippen molar-refractivity contribution in [2.24, 2.45) is 0 Å². The summed E-state index contributed by atoms with van der Waals surface area (Å²) >= 11 is 7.53. The highest BCUT2D eigenvalue weighted by molar-refractivity contribution is 6.36. The lowest BCUT2D eigenvalue weighted by molar-refractivity contribution is 0.444. The van der Waals surface area contributed by atoms with Crippen LogP contribution in [0.5, 0.6) is 0 Å². The monoisotopic (exact) mass is 528 g/mol. The third-order valence-electron chi connectivity index (χ3n) is 7.67. The molecular formula is C36H33ClN2. The maximum absolute atomic E-state index is 7.53. The molecule has 1 fully saturated rings. The van der Waals surface area contributed by atoms with Gasteiger partial charge in [0.15, 0.2) is 0 Å². The standard InChI is InChI=1S/C36H33ClN2/c37-36-34(38(30-18-8-2-9-19-30)31-20-10-3-11-21-31)26-29(28-16-6-1-7-17-28)27-35(36)39(32-22-12-4-13-23-32)33-24-14-5-15-25-33/h2-5,8-15,18-28H,1,6-7,16-17H2. The van der Waals surface area contributed by atoms with Crippen molar-refractivity contribution in [3.05, 3.63) is 144 Å². The van der Waals surface area contributed by atoms with Gasteiger partial charge in [-0.2, -0.15) is 0 Å². The van der Waals surface area contributed by atoms with Crippen LogP contribution in [-0.2, 0) is 0 Å². The zero-order chi connectivity index (χ0) is 26.4. The Kier molecular flexibility index (Phi) is 7.65. The molecule has 1 aliphatic carbocycles. The van der Waals surface area contributed by atoms with Crippen LogP contribution in [0.3, 0.4) is 0 Å². The highest BCUT2D eigenvalue weighted by Gasteiger charge is 2.26. The number of anilines is 6. The van der Waals surface area contributed by atoms with E-state index in [1.54, 1.807) is 0 Å². The molecule has 0 amide bonds.